The number of hydrogen-bond donors (Lipinski definition) is 1. The van der Waals surface area contributed by atoms with Gasteiger partial charge in [0.2, 0.25) is 12.3 Å². The molecule has 2 heterocycles. The monoisotopic (exact) mass is 721 g/mol. The second-order valence-corrected chi connectivity index (χ2v) is 12.4. The van der Waals surface area contributed by atoms with E-state index in [1.165, 1.54) is 49.0 Å². The molecule has 3 aromatic rings. The summed E-state index contributed by atoms with van der Waals surface area (Å²) in [7, 11) is 1.36. The molecular formula is C32H36F9N7O2. The summed E-state index contributed by atoms with van der Waals surface area (Å²) in [5.41, 5.74) is 0.581. The normalized spacial score (nSPS) is 18.6. The number of tetrazole rings is 1. The number of carbonyl (C=O) groups excluding carboxylic acids is 2. The number of aromatic nitrogens is 4. The van der Waals surface area contributed by atoms with Crippen LogP contribution in [0.1, 0.15) is 92.1 Å². The van der Waals surface area contributed by atoms with E-state index in [9.17, 15) is 49.1 Å². The van der Waals surface area contributed by atoms with Crippen molar-refractivity contribution in [3.63, 3.8) is 0 Å². The summed E-state index contributed by atoms with van der Waals surface area (Å²) >= 11 is 0. The lowest BCUT2D eigenvalue weighted by molar-refractivity contribution is -0.143. The zero-order chi connectivity index (χ0) is 37.0. The van der Waals surface area contributed by atoms with E-state index in [0.29, 0.717) is 37.3 Å². The van der Waals surface area contributed by atoms with E-state index in [2.05, 4.69) is 15.4 Å². The van der Waals surface area contributed by atoms with Crippen molar-refractivity contribution in [2.24, 2.45) is 18.7 Å². The molecule has 18 heteroatoms. The Kier molecular flexibility index (Phi) is 11.7. The molecule has 1 fully saturated rings. The Morgan fingerprint density at radius 1 is 0.920 bits per heavy atom. The number of aryl methyl sites for hydroxylation is 1. The van der Waals surface area contributed by atoms with Crippen molar-refractivity contribution in [3.8, 4) is 0 Å². The van der Waals surface area contributed by atoms with Gasteiger partial charge in [0, 0.05) is 24.7 Å². The van der Waals surface area contributed by atoms with Gasteiger partial charge >= 0.3 is 18.5 Å². The maximum Gasteiger partial charge on any atom is 0.416 e. The van der Waals surface area contributed by atoms with Gasteiger partial charge in [-0.05, 0) is 84.3 Å². The third-order valence-corrected chi connectivity index (χ3v) is 8.81. The van der Waals surface area contributed by atoms with E-state index in [-0.39, 0.29) is 35.6 Å². The van der Waals surface area contributed by atoms with Crippen LogP contribution < -0.4 is 15.5 Å². The Bertz CT molecular complexity index is 1600. The minimum Gasteiger partial charge on any atom is -0.370 e. The highest BCUT2D eigenvalue weighted by atomic mass is 19.4. The van der Waals surface area contributed by atoms with Crippen LogP contribution in [0.15, 0.2) is 36.4 Å². The zero-order valence-corrected chi connectivity index (χ0v) is 27.1. The van der Waals surface area contributed by atoms with Gasteiger partial charge < -0.3 is 15.5 Å². The standard InChI is InChI=1S/C24H21F9N6O.C8H15NO/c1-3-17-10-20(18-9-14(22(25,26)27)4-5-19(18)39(17)12-40)38(21-34-36-37(2)35-21)11-13-6-15(23(28,29)30)8-16(7-13)24(31,32)33;9-8(10)6-7-4-2-1-3-5-7/h4-9,12,17,20H,3,10-11H2,1-2H3;7H,1-6H2,(H2,9,10)/t17-,20+;/m1./s1. The van der Waals surface area contributed by atoms with Gasteiger partial charge in [0.25, 0.3) is 5.95 Å². The molecule has 1 aliphatic carbocycles. The summed E-state index contributed by atoms with van der Waals surface area (Å²) in [6.45, 7) is 1.08. The first-order valence-corrected chi connectivity index (χ1v) is 15.8. The Hall–Kier alpha value is -4.38. The molecule has 0 bridgehead atoms. The van der Waals surface area contributed by atoms with Crippen LogP contribution in [-0.2, 0) is 41.7 Å². The molecule has 5 rings (SSSR count). The van der Waals surface area contributed by atoms with Gasteiger partial charge in [-0.1, -0.05) is 31.3 Å². The van der Waals surface area contributed by atoms with Crippen molar-refractivity contribution in [2.75, 3.05) is 9.80 Å². The molecule has 2 aliphatic rings. The molecule has 1 saturated carbocycles. The molecule has 274 valence electrons. The smallest absolute Gasteiger partial charge is 0.370 e. The van der Waals surface area contributed by atoms with Crippen molar-refractivity contribution in [3.05, 3.63) is 64.2 Å². The molecule has 0 spiro atoms. The molecule has 2 atom stereocenters. The molecule has 0 unspecified atom stereocenters. The third-order valence-electron chi connectivity index (χ3n) is 8.81. The lowest BCUT2D eigenvalue weighted by Crippen LogP contribution is -2.44. The minimum atomic E-state index is -5.11. The highest BCUT2D eigenvalue weighted by Gasteiger charge is 2.41. The number of alkyl halides is 9. The van der Waals surface area contributed by atoms with E-state index in [1.807, 2.05) is 0 Å². The third kappa shape index (κ3) is 9.44. The second-order valence-electron chi connectivity index (χ2n) is 12.4. The van der Waals surface area contributed by atoms with Crippen LogP contribution in [0.4, 0.5) is 51.1 Å². The fraction of sp³-hybridized carbons (Fsp3) is 0.531. The van der Waals surface area contributed by atoms with Crippen LogP contribution >= 0.6 is 0 Å². The number of amides is 2. The van der Waals surface area contributed by atoms with Crippen LogP contribution in [0.25, 0.3) is 0 Å². The predicted octanol–water partition coefficient (Wildman–Crippen LogP) is 7.60. The van der Waals surface area contributed by atoms with Crippen molar-refractivity contribution < 1.29 is 49.1 Å². The number of fused-ring (bicyclic) bond motifs is 1. The summed E-state index contributed by atoms with van der Waals surface area (Å²) in [6.07, 6.45) is -7.25. The number of nitrogens with zero attached hydrogens (tertiary/aromatic N) is 6. The van der Waals surface area contributed by atoms with E-state index < -0.39 is 59.4 Å². The SMILES string of the molecule is CC[C@@H]1C[C@H](N(Cc2cc(C(F)(F)F)cc(C(F)(F)F)c2)c2nnn(C)n2)c2cc(C(F)(F)F)ccc2N1C=O.NC(=O)CC1CCCCC1. The fourth-order valence-electron chi connectivity index (χ4n) is 6.42. The van der Waals surface area contributed by atoms with Crippen LogP contribution in [0.2, 0.25) is 0 Å². The largest absolute Gasteiger partial charge is 0.416 e. The zero-order valence-electron chi connectivity index (χ0n) is 27.1. The van der Waals surface area contributed by atoms with E-state index in [0.717, 1.165) is 23.0 Å². The molecule has 2 amide bonds. The molecule has 0 saturated heterocycles. The molecular weight excluding hydrogens is 685 g/mol. The molecule has 50 heavy (non-hydrogen) atoms. The maximum atomic E-state index is 13.6. The Morgan fingerprint density at radius 2 is 1.52 bits per heavy atom. The Balaban J connectivity index is 0.000000482. The fourth-order valence-corrected chi connectivity index (χ4v) is 6.42. The van der Waals surface area contributed by atoms with Crippen molar-refractivity contribution >= 4 is 24.0 Å². The van der Waals surface area contributed by atoms with Crippen molar-refractivity contribution in [1.29, 1.82) is 0 Å². The summed E-state index contributed by atoms with van der Waals surface area (Å²) < 4.78 is 122. The van der Waals surface area contributed by atoms with E-state index >= 15 is 0 Å². The van der Waals surface area contributed by atoms with Gasteiger partial charge in [0.1, 0.15) is 0 Å². The lowest BCUT2D eigenvalue weighted by Gasteiger charge is -2.43. The van der Waals surface area contributed by atoms with Gasteiger partial charge in [-0.25, -0.2) is 0 Å². The molecule has 1 aromatic heterocycles. The van der Waals surface area contributed by atoms with Gasteiger partial charge in [0.15, 0.2) is 0 Å². The van der Waals surface area contributed by atoms with Crippen molar-refractivity contribution in [1.82, 2.24) is 20.2 Å². The number of carbonyl (C=O) groups is 2. The number of primary amides is 1. The molecule has 2 N–H and O–H groups in total. The number of nitrogens with two attached hydrogens (primary N) is 1. The van der Waals surface area contributed by atoms with Gasteiger partial charge in [0.05, 0.1) is 29.8 Å². The first-order valence-electron chi connectivity index (χ1n) is 15.8. The first kappa shape index (κ1) is 38.4. The highest BCUT2D eigenvalue weighted by molar-refractivity contribution is 5.80. The summed E-state index contributed by atoms with van der Waals surface area (Å²) in [6, 6.07) is 2.11. The quantitative estimate of drug-likeness (QED) is 0.190. The number of anilines is 2. The average Bonchev–Trinajstić information content (AvgIpc) is 3.47. The summed E-state index contributed by atoms with van der Waals surface area (Å²) in [4.78, 5) is 25.8. The average molecular weight is 722 g/mol. The Morgan fingerprint density at radius 3 is 2.00 bits per heavy atom. The van der Waals surface area contributed by atoms with Gasteiger partial charge in [-0.3, -0.25) is 9.59 Å². The number of rotatable bonds is 8. The van der Waals surface area contributed by atoms with Gasteiger partial charge in [-0.2, -0.15) is 44.3 Å². The molecule has 2 aromatic carbocycles. The summed E-state index contributed by atoms with van der Waals surface area (Å²) in [5, 5.41) is 11.5. The Labute approximate surface area is 281 Å². The van der Waals surface area contributed by atoms with Crippen LogP contribution in [0.5, 0.6) is 0 Å². The summed E-state index contributed by atoms with van der Waals surface area (Å²) in [5.74, 6) is 0.231. The van der Waals surface area contributed by atoms with Crippen molar-refractivity contribution in [2.45, 2.75) is 95.4 Å². The van der Waals surface area contributed by atoms with Crippen LogP contribution in [-0.4, -0.2) is 38.6 Å². The van der Waals surface area contributed by atoms with E-state index in [4.69, 9.17) is 5.73 Å². The first-order chi connectivity index (χ1) is 23.3. The lowest BCUT2D eigenvalue weighted by atomic mass is 9.87. The molecule has 0 radical (unpaired) electrons. The second kappa shape index (κ2) is 15.2. The van der Waals surface area contributed by atoms with Crippen LogP contribution in [0.3, 0.4) is 0 Å². The maximum absolute atomic E-state index is 13.6. The highest BCUT2D eigenvalue weighted by Crippen LogP contribution is 2.45. The van der Waals surface area contributed by atoms with Gasteiger partial charge in [-0.15, -0.1) is 5.10 Å². The minimum absolute atomic E-state index is 0.0188. The molecule has 1 aliphatic heterocycles. The molecule has 9 nitrogen and oxygen atoms in total. The van der Waals surface area contributed by atoms with E-state index in [1.54, 1.807) is 6.92 Å². The number of benzene rings is 2. The predicted molar refractivity (Wildman–Crippen MR) is 163 cm³/mol. The topological polar surface area (TPSA) is 110 Å². The van der Waals surface area contributed by atoms with Crippen LogP contribution in [0, 0.1) is 5.92 Å². The number of halogens is 9. The number of hydrogen-bond acceptors (Lipinski definition) is 6.